The van der Waals surface area contributed by atoms with Gasteiger partial charge in [0, 0.05) is 0 Å². The number of esters is 1. The van der Waals surface area contributed by atoms with Gasteiger partial charge in [0.25, 0.3) is 5.56 Å². The molecule has 0 saturated carbocycles. The second kappa shape index (κ2) is 3.22. The molecule has 0 spiro atoms. The lowest BCUT2D eigenvalue weighted by atomic mass is 10.2. The average Bonchev–Trinajstić information content (AvgIpc) is 2.45. The Morgan fingerprint density at radius 3 is 2.92 bits per heavy atom. The third kappa shape index (κ3) is 1.24. The number of carbonyl (C=O) groups is 1. The van der Waals surface area contributed by atoms with Crippen LogP contribution in [0.2, 0.25) is 0 Å². The van der Waals surface area contributed by atoms with Crippen molar-refractivity contribution < 1.29 is 14.1 Å². The first kappa shape index (κ1) is 8.54. The molecule has 0 aliphatic rings. The first-order valence-corrected chi connectivity index (χ1v) is 3.19. The molecule has 1 aromatic rings. The Hall–Kier alpha value is -1.56. The molecule has 66 valence electrons. The highest BCUT2D eigenvalue weighted by Crippen LogP contribution is 2.02. The molecule has 0 radical (unpaired) electrons. The van der Waals surface area contributed by atoms with Gasteiger partial charge in [-0.15, -0.1) is 0 Å². The van der Waals surface area contributed by atoms with Crippen LogP contribution >= 0.6 is 0 Å². The molecule has 0 bridgehead atoms. The molecule has 0 fully saturated rings. The third-order valence-corrected chi connectivity index (χ3v) is 1.35. The number of H-pyrrole nitrogens is 1. The first-order valence-electron chi connectivity index (χ1n) is 3.19. The summed E-state index contributed by atoms with van der Waals surface area (Å²) in [4.78, 5) is 21.8. The van der Waals surface area contributed by atoms with E-state index in [0.717, 1.165) is 0 Å². The van der Waals surface area contributed by atoms with Gasteiger partial charge in [0.05, 0.1) is 13.7 Å². The third-order valence-electron chi connectivity index (χ3n) is 1.35. The van der Waals surface area contributed by atoms with Crippen LogP contribution in [-0.4, -0.2) is 18.2 Å². The van der Waals surface area contributed by atoms with Gasteiger partial charge < -0.3 is 15.0 Å². The lowest BCUT2D eigenvalue weighted by Crippen LogP contribution is -2.16. The lowest BCUT2D eigenvalue weighted by Gasteiger charge is -1.93. The second-order valence-corrected chi connectivity index (χ2v) is 2.03. The van der Waals surface area contributed by atoms with Gasteiger partial charge in [-0.05, 0) is 0 Å². The van der Waals surface area contributed by atoms with Crippen molar-refractivity contribution in [1.82, 2.24) is 5.16 Å². The summed E-state index contributed by atoms with van der Waals surface area (Å²) in [6.07, 6.45) is 0. The highest BCUT2D eigenvalue weighted by Gasteiger charge is 2.19. The van der Waals surface area contributed by atoms with Crippen LogP contribution in [-0.2, 0) is 11.3 Å². The fraction of sp³-hybridized carbons (Fsp3) is 0.333. The minimum atomic E-state index is -0.745. The molecule has 0 aliphatic heterocycles. The van der Waals surface area contributed by atoms with E-state index in [0.29, 0.717) is 0 Å². The summed E-state index contributed by atoms with van der Waals surface area (Å²) in [6, 6.07) is 0. The van der Waals surface area contributed by atoms with Crippen molar-refractivity contribution in [2.75, 3.05) is 7.11 Å². The SMILES string of the molecule is COC(=O)c1c(CN)o[nH]c1=O. The highest BCUT2D eigenvalue weighted by atomic mass is 16.5. The van der Waals surface area contributed by atoms with Crippen molar-refractivity contribution in [2.24, 2.45) is 5.73 Å². The highest BCUT2D eigenvalue weighted by molar-refractivity contribution is 5.89. The molecule has 6 nitrogen and oxygen atoms in total. The Morgan fingerprint density at radius 2 is 2.42 bits per heavy atom. The van der Waals surface area contributed by atoms with Gasteiger partial charge in [0.1, 0.15) is 0 Å². The van der Waals surface area contributed by atoms with Crippen LogP contribution in [0.4, 0.5) is 0 Å². The van der Waals surface area contributed by atoms with Gasteiger partial charge in [-0.3, -0.25) is 4.79 Å². The zero-order valence-electron chi connectivity index (χ0n) is 6.42. The second-order valence-electron chi connectivity index (χ2n) is 2.03. The van der Waals surface area contributed by atoms with Crippen LogP contribution in [0.5, 0.6) is 0 Å². The van der Waals surface area contributed by atoms with Gasteiger partial charge in [0.15, 0.2) is 11.3 Å². The van der Waals surface area contributed by atoms with Crippen LogP contribution in [0.1, 0.15) is 16.1 Å². The number of aromatic nitrogens is 1. The molecule has 6 heteroatoms. The number of nitrogens with one attached hydrogen (secondary N) is 1. The standard InChI is InChI=1S/C6H8N2O4/c1-11-6(10)4-3(2-7)12-8-5(4)9/h2,7H2,1H3,(H,8,9). The van der Waals surface area contributed by atoms with Crippen LogP contribution in [0, 0.1) is 0 Å². The maximum atomic E-state index is 10.9. The predicted molar refractivity (Wildman–Crippen MR) is 38.6 cm³/mol. The van der Waals surface area contributed by atoms with Crippen LogP contribution in [0.15, 0.2) is 9.32 Å². The van der Waals surface area contributed by atoms with Crippen molar-refractivity contribution in [3.05, 3.63) is 21.7 Å². The van der Waals surface area contributed by atoms with E-state index < -0.39 is 11.5 Å². The number of rotatable bonds is 2. The topological polar surface area (TPSA) is 98.3 Å². The van der Waals surface area contributed by atoms with Crippen LogP contribution < -0.4 is 11.3 Å². The zero-order valence-corrected chi connectivity index (χ0v) is 6.42. The molecule has 3 N–H and O–H groups in total. The lowest BCUT2D eigenvalue weighted by molar-refractivity contribution is 0.0597. The molecule has 0 saturated heterocycles. The number of carbonyl (C=O) groups excluding carboxylic acids is 1. The normalized spacial score (nSPS) is 9.83. The summed E-state index contributed by atoms with van der Waals surface area (Å²) in [7, 11) is 1.18. The molecule has 12 heavy (non-hydrogen) atoms. The minimum absolute atomic E-state index is 0.0246. The maximum absolute atomic E-state index is 10.9. The summed E-state index contributed by atoms with van der Waals surface area (Å²) in [5.74, 6) is -0.641. The van der Waals surface area contributed by atoms with E-state index in [1.54, 1.807) is 0 Å². The summed E-state index contributed by atoms with van der Waals surface area (Å²) >= 11 is 0. The molecule has 1 heterocycles. The number of aromatic amines is 1. The quantitative estimate of drug-likeness (QED) is 0.570. The molecular formula is C6H8N2O4. The van der Waals surface area contributed by atoms with Crippen molar-refractivity contribution >= 4 is 5.97 Å². The van der Waals surface area contributed by atoms with E-state index in [1.165, 1.54) is 7.11 Å². The number of hydrogen-bond donors (Lipinski definition) is 2. The number of ether oxygens (including phenoxy) is 1. The van der Waals surface area contributed by atoms with E-state index >= 15 is 0 Å². The fourth-order valence-corrected chi connectivity index (χ4v) is 0.789. The van der Waals surface area contributed by atoms with Crippen molar-refractivity contribution in [2.45, 2.75) is 6.54 Å². The molecule has 0 atom stereocenters. The predicted octanol–water partition coefficient (Wildman–Crippen LogP) is -0.787. The Labute approximate surface area is 67.3 Å². The van der Waals surface area contributed by atoms with Crippen LogP contribution in [0.25, 0.3) is 0 Å². The number of hydrogen-bond acceptors (Lipinski definition) is 5. The van der Waals surface area contributed by atoms with Crippen molar-refractivity contribution in [1.29, 1.82) is 0 Å². The van der Waals surface area contributed by atoms with E-state index in [9.17, 15) is 9.59 Å². The van der Waals surface area contributed by atoms with Gasteiger partial charge in [-0.1, -0.05) is 0 Å². The minimum Gasteiger partial charge on any atom is -0.465 e. The van der Waals surface area contributed by atoms with Gasteiger partial charge in [0.2, 0.25) is 0 Å². The van der Waals surface area contributed by atoms with Crippen molar-refractivity contribution in [3.63, 3.8) is 0 Å². The van der Waals surface area contributed by atoms with E-state index in [4.69, 9.17) is 5.73 Å². The van der Waals surface area contributed by atoms with E-state index in [-0.39, 0.29) is 17.9 Å². The molecule has 1 rings (SSSR count). The fourth-order valence-electron chi connectivity index (χ4n) is 0.789. The molecular weight excluding hydrogens is 164 g/mol. The van der Waals surface area contributed by atoms with E-state index in [1.807, 2.05) is 5.16 Å². The molecule has 0 aliphatic carbocycles. The van der Waals surface area contributed by atoms with Gasteiger partial charge in [-0.25, -0.2) is 4.79 Å². The monoisotopic (exact) mass is 172 g/mol. The molecule has 1 aromatic heterocycles. The molecule has 0 unspecified atom stereocenters. The maximum Gasteiger partial charge on any atom is 0.347 e. The first-order chi connectivity index (χ1) is 5.70. The Balaban J connectivity index is 3.19. The van der Waals surface area contributed by atoms with Gasteiger partial charge in [-0.2, -0.15) is 5.16 Å². The average molecular weight is 172 g/mol. The van der Waals surface area contributed by atoms with E-state index in [2.05, 4.69) is 9.26 Å². The van der Waals surface area contributed by atoms with Gasteiger partial charge >= 0.3 is 5.97 Å². The largest absolute Gasteiger partial charge is 0.465 e. The zero-order chi connectivity index (χ0) is 9.14. The summed E-state index contributed by atoms with van der Waals surface area (Å²) in [6.45, 7) is -0.0246. The molecule has 0 aromatic carbocycles. The van der Waals surface area contributed by atoms with Crippen molar-refractivity contribution in [3.8, 4) is 0 Å². The Bertz CT molecular complexity index is 338. The number of methoxy groups -OCH3 is 1. The summed E-state index contributed by atoms with van der Waals surface area (Å²) in [5, 5.41) is 1.99. The van der Waals surface area contributed by atoms with Crippen LogP contribution in [0.3, 0.4) is 0 Å². The Morgan fingerprint density at radius 1 is 1.75 bits per heavy atom. The number of nitrogens with two attached hydrogens (primary N) is 1. The molecule has 0 amide bonds. The smallest absolute Gasteiger partial charge is 0.347 e. The summed E-state index contributed by atoms with van der Waals surface area (Å²) in [5.41, 5.74) is 4.41. The summed E-state index contributed by atoms with van der Waals surface area (Å²) < 4.78 is 8.95. The Kier molecular flexibility index (Phi) is 2.29.